The van der Waals surface area contributed by atoms with Crippen molar-refractivity contribution in [1.82, 2.24) is 10.1 Å². The molecule has 0 atom stereocenters. The fraction of sp³-hybridized carbons (Fsp3) is 0.130. The average molecular weight is 468 g/mol. The van der Waals surface area contributed by atoms with Gasteiger partial charge in [-0.2, -0.15) is 4.98 Å². The van der Waals surface area contributed by atoms with Crippen LogP contribution in [0.1, 0.15) is 0 Å². The highest BCUT2D eigenvalue weighted by atomic mass is 32.2. The van der Waals surface area contributed by atoms with E-state index in [0.717, 1.165) is 0 Å². The Hall–Kier alpha value is -4.05. The monoisotopic (exact) mass is 467 g/mol. The Morgan fingerprint density at radius 3 is 2.39 bits per heavy atom. The predicted octanol–water partition coefficient (Wildman–Crippen LogP) is 4.23. The van der Waals surface area contributed by atoms with Gasteiger partial charge in [0.2, 0.25) is 5.82 Å². The van der Waals surface area contributed by atoms with Crippen LogP contribution in [0.3, 0.4) is 0 Å². The summed E-state index contributed by atoms with van der Waals surface area (Å²) in [6, 6.07) is 18.5. The van der Waals surface area contributed by atoms with Crippen molar-refractivity contribution in [1.29, 1.82) is 0 Å². The largest absolute Gasteiger partial charge is 0.497 e. The molecule has 0 saturated carbocycles. The van der Waals surface area contributed by atoms with Crippen LogP contribution < -0.4 is 18.9 Å². The van der Waals surface area contributed by atoms with Gasteiger partial charge in [0.25, 0.3) is 15.9 Å². The van der Waals surface area contributed by atoms with E-state index in [9.17, 15) is 8.42 Å². The third kappa shape index (κ3) is 4.60. The molecule has 1 N–H and O–H groups in total. The zero-order valence-electron chi connectivity index (χ0n) is 18.1. The van der Waals surface area contributed by atoms with Crippen molar-refractivity contribution in [2.24, 2.45) is 0 Å². The lowest BCUT2D eigenvalue weighted by atomic mass is 10.2. The molecular weight excluding hydrogens is 446 g/mol. The number of nitrogens with one attached hydrogen (secondary N) is 1. The maximum absolute atomic E-state index is 13.0. The third-order valence-corrected chi connectivity index (χ3v) is 6.20. The van der Waals surface area contributed by atoms with E-state index in [1.807, 2.05) is 18.2 Å². The highest BCUT2D eigenvalue weighted by Crippen LogP contribution is 2.32. The third-order valence-electron chi connectivity index (χ3n) is 4.80. The summed E-state index contributed by atoms with van der Waals surface area (Å²) in [5.41, 5.74) is 1.54. The van der Waals surface area contributed by atoms with Gasteiger partial charge in [0, 0.05) is 17.3 Å². The molecule has 0 aliphatic heterocycles. The Morgan fingerprint density at radius 2 is 1.64 bits per heavy atom. The van der Waals surface area contributed by atoms with Gasteiger partial charge >= 0.3 is 0 Å². The second-order valence-corrected chi connectivity index (χ2v) is 8.48. The number of rotatable bonds is 8. The molecule has 0 fully saturated rings. The van der Waals surface area contributed by atoms with Gasteiger partial charge in [-0.3, -0.25) is 4.72 Å². The molecule has 3 aromatic carbocycles. The number of sulfonamides is 1. The highest BCUT2D eigenvalue weighted by molar-refractivity contribution is 7.92. The zero-order chi connectivity index (χ0) is 23.4. The molecule has 0 saturated heterocycles. The van der Waals surface area contributed by atoms with Crippen LogP contribution in [0.15, 0.2) is 76.1 Å². The standard InChI is InChI=1S/C23H21N3O6S/c1-29-17-11-12-20(31-3)21(14-17)33(27,28)26-16-8-6-7-15(13-16)22-24-23(32-25-22)18-9-4-5-10-19(18)30-2/h4-14,26H,1-3H3. The lowest BCUT2D eigenvalue weighted by molar-refractivity contribution is 0.392. The van der Waals surface area contributed by atoms with E-state index in [0.29, 0.717) is 34.1 Å². The summed E-state index contributed by atoms with van der Waals surface area (Å²) in [6.07, 6.45) is 0. The molecule has 1 aromatic heterocycles. The molecular formula is C23H21N3O6S. The van der Waals surface area contributed by atoms with Crippen molar-refractivity contribution >= 4 is 15.7 Å². The molecule has 0 bridgehead atoms. The predicted molar refractivity (Wildman–Crippen MR) is 122 cm³/mol. The van der Waals surface area contributed by atoms with E-state index in [1.54, 1.807) is 43.5 Å². The van der Waals surface area contributed by atoms with Crippen molar-refractivity contribution in [3.8, 4) is 40.1 Å². The lowest BCUT2D eigenvalue weighted by Gasteiger charge is -2.13. The minimum atomic E-state index is -3.97. The first-order chi connectivity index (χ1) is 15.9. The maximum atomic E-state index is 13.0. The molecule has 0 radical (unpaired) electrons. The van der Waals surface area contributed by atoms with E-state index in [-0.39, 0.29) is 16.5 Å². The van der Waals surface area contributed by atoms with E-state index >= 15 is 0 Å². The first-order valence-corrected chi connectivity index (χ1v) is 11.3. The zero-order valence-corrected chi connectivity index (χ0v) is 18.9. The first-order valence-electron chi connectivity index (χ1n) is 9.77. The van der Waals surface area contributed by atoms with Gasteiger partial charge in [-0.15, -0.1) is 0 Å². The molecule has 4 rings (SSSR count). The summed E-state index contributed by atoms with van der Waals surface area (Å²) in [6.45, 7) is 0. The summed E-state index contributed by atoms with van der Waals surface area (Å²) in [4.78, 5) is 4.39. The highest BCUT2D eigenvalue weighted by Gasteiger charge is 2.21. The molecule has 0 spiro atoms. The van der Waals surface area contributed by atoms with Gasteiger partial charge < -0.3 is 18.7 Å². The molecule has 33 heavy (non-hydrogen) atoms. The van der Waals surface area contributed by atoms with Crippen LogP contribution in [0.2, 0.25) is 0 Å². The van der Waals surface area contributed by atoms with Crippen molar-refractivity contribution in [3.05, 3.63) is 66.7 Å². The van der Waals surface area contributed by atoms with E-state index in [4.69, 9.17) is 18.7 Å². The van der Waals surface area contributed by atoms with Crippen molar-refractivity contribution in [3.63, 3.8) is 0 Å². The number of ether oxygens (including phenoxy) is 3. The topological polar surface area (TPSA) is 113 Å². The summed E-state index contributed by atoms with van der Waals surface area (Å²) < 4.78 is 49.8. The summed E-state index contributed by atoms with van der Waals surface area (Å²) in [5, 5.41) is 4.03. The Balaban J connectivity index is 1.64. The molecule has 9 nitrogen and oxygen atoms in total. The first kappa shape index (κ1) is 22.2. The molecule has 0 aliphatic carbocycles. The Labute approximate surface area is 191 Å². The van der Waals surface area contributed by atoms with Crippen molar-refractivity contribution in [2.75, 3.05) is 26.1 Å². The quantitative estimate of drug-likeness (QED) is 0.410. The van der Waals surface area contributed by atoms with Crippen molar-refractivity contribution in [2.45, 2.75) is 4.90 Å². The van der Waals surface area contributed by atoms with E-state index < -0.39 is 10.0 Å². The van der Waals surface area contributed by atoms with Gasteiger partial charge in [0.15, 0.2) is 0 Å². The van der Waals surface area contributed by atoms with E-state index in [1.165, 1.54) is 26.4 Å². The number of aromatic nitrogens is 2. The second kappa shape index (κ2) is 9.21. The Bertz CT molecular complexity index is 1380. The van der Waals surface area contributed by atoms with Gasteiger partial charge in [0.05, 0.1) is 26.9 Å². The normalized spacial score (nSPS) is 11.1. The maximum Gasteiger partial charge on any atom is 0.265 e. The fourth-order valence-electron chi connectivity index (χ4n) is 3.20. The smallest absolute Gasteiger partial charge is 0.265 e. The van der Waals surface area contributed by atoms with Crippen LogP contribution in [-0.2, 0) is 10.0 Å². The molecule has 170 valence electrons. The van der Waals surface area contributed by atoms with Crippen LogP contribution in [0, 0.1) is 0 Å². The SMILES string of the molecule is COc1ccc(OC)c(S(=O)(=O)Nc2cccc(-c3noc(-c4ccccc4OC)n3)c2)c1. The summed E-state index contributed by atoms with van der Waals surface area (Å²) in [7, 11) is 0.446. The molecule has 0 aliphatic rings. The number of benzene rings is 3. The molecule has 0 unspecified atom stereocenters. The van der Waals surface area contributed by atoms with Gasteiger partial charge in [-0.05, 0) is 36.4 Å². The van der Waals surface area contributed by atoms with Gasteiger partial charge in [-0.1, -0.05) is 29.4 Å². The minimum Gasteiger partial charge on any atom is -0.497 e. The van der Waals surface area contributed by atoms with Crippen molar-refractivity contribution < 1.29 is 27.2 Å². The molecule has 1 heterocycles. The number of methoxy groups -OCH3 is 3. The summed E-state index contributed by atoms with van der Waals surface area (Å²) >= 11 is 0. The number of hydrogen-bond donors (Lipinski definition) is 1. The lowest BCUT2D eigenvalue weighted by Crippen LogP contribution is -2.14. The molecule has 0 amide bonds. The van der Waals surface area contributed by atoms with Gasteiger partial charge in [-0.25, -0.2) is 8.42 Å². The molecule has 10 heteroatoms. The van der Waals surface area contributed by atoms with Crippen LogP contribution in [0.5, 0.6) is 17.2 Å². The van der Waals surface area contributed by atoms with Crippen LogP contribution in [-0.4, -0.2) is 39.9 Å². The summed E-state index contributed by atoms with van der Waals surface area (Å²) in [5.74, 6) is 1.77. The minimum absolute atomic E-state index is 0.0484. The molecule has 4 aromatic rings. The second-order valence-electron chi connectivity index (χ2n) is 6.83. The number of para-hydroxylation sites is 1. The Kier molecular flexibility index (Phi) is 6.18. The average Bonchev–Trinajstić information content (AvgIpc) is 3.33. The fourth-order valence-corrected chi connectivity index (χ4v) is 4.43. The van der Waals surface area contributed by atoms with Crippen LogP contribution >= 0.6 is 0 Å². The number of nitrogens with zero attached hydrogens (tertiary/aromatic N) is 2. The Morgan fingerprint density at radius 1 is 0.848 bits per heavy atom. The van der Waals surface area contributed by atoms with Crippen LogP contribution in [0.4, 0.5) is 5.69 Å². The number of hydrogen-bond acceptors (Lipinski definition) is 8. The number of anilines is 1. The van der Waals surface area contributed by atoms with E-state index in [2.05, 4.69) is 14.9 Å². The van der Waals surface area contributed by atoms with Gasteiger partial charge in [0.1, 0.15) is 22.1 Å². The van der Waals surface area contributed by atoms with Crippen LogP contribution in [0.25, 0.3) is 22.8 Å².